The smallest absolute Gasteiger partial charge is 0.273 e. The van der Waals surface area contributed by atoms with Gasteiger partial charge in [-0.1, -0.05) is 19.4 Å². The standard InChI is InChI=1S/C14H19ClN2O3/c1-3-11(7-8-15)9-16-14(18)12-5-4-6-13(10(12)2)17(19)20/h4-6,11H,3,7-9H2,1-2H3,(H,16,18). The first-order valence-electron chi connectivity index (χ1n) is 6.59. The Morgan fingerprint density at radius 2 is 2.20 bits per heavy atom. The Morgan fingerprint density at radius 3 is 2.75 bits per heavy atom. The van der Waals surface area contributed by atoms with E-state index in [0.29, 0.717) is 29.5 Å². The third kappa shape index (κ3) is 4.20. The van der Waals surface area contributed by atoms with Gasteiger partial charge in [0.25, 0.3) is 11.6 Å². The summed E-state index contributed by atoms with van der Waals surface area (Å²) in [6, 6.07) is 4.52. The van der Waals surface area contributed by atoms with Crippen molar-refractivity contribution < 1.29 is 9.72 Å². The summed E-state index contributed by atoms with van der Waals surface area (Å²) in [6.07, 6.45) is 1.77. The van der Waals surface area contributed by atoms with Gasteiger partial charge in [0.15, 0.2) is 0 Å². The fourth-order valence-electron chi connectivity index (χ4n) is 2.00. The lowest BCUT2D eigenvalue weighted by Gasteiger charge is -2.14. The number of nitro benzene ring substituents is 1. The number of nitrogens with zero attached hydrogens (tertiary/aromatic N) is 1. The Labute approximate surface area is 123 Å². The summed E-state index contributed by atoms with van der Waals surface area (Å²) in [5.41, 5.74) is 0.700. The Hall–Kier alpha value is -1.62. The molecule has 0 bridgehead atoms. The molecule has 0 radical (unpaired) electrons. The summed E-state index contributed by atoms with van der Waals surface area (Å²) in [6.45, 7) is 4.16. The maximum Gasteiger partial charge on any atom is 0.273 e. The molecule has 1 aromatic rings. The highest BCUT2D eigenvalue weighted by Crippen LogP contribution is 2.21. The zero-order chi connectivity index (χ0) is 15.1. The molecule has 6 heteroatoms. The molecule has 0 heterocycles. The van der Waals surface area contributed by atoms with Gasteiger partial charge in [0.2, 0.25) is 0 Å². The van der Waals surface area contributed by atoms with Crippen molar-refractivity contribution in [2.24, 2.45) is 5.92 Å². The van der Waals surface area contributed by atoms with Crippen molar-refractivity contribution in [1.29, 1.82) is 0 Å². The normalized spacial score (nSPS) is 11.9. The number of halogens is 1. The molecule has 0 saturated heterocycles. The van der Waals surface area contributed by atoms with Gasteiger partial charge in [-0.15, -0.1) is 11.6 Å². The number of nitro groups is 1. The van der Waals surface area contributed by atoms with E-state index in [1.165, 1.54) is 12.1 Å². The summed E-state index contributed by atoms with van der Waals surface area (Å²) in [7, 11) is 0. The average molecular weight is 299 g/mol. The summed E-state index contributed by atoms with van der Waals surface area (Å²) in [4.78, 5) is 22.5. The summed E-state index contributed by atoms with van der Waals surface area (Å²) in [5, 5.41) is 13.7. The van der Waals surface area contributed by atoms with Crippen LogP contribution in [0, 0.1) is 23.0 Å². The molecule has 1 atom stereocenters. The minimum absolute atomic E-state index is 0.0366. The first kappa shape index (κ1) is 16.4. The van der Waals surface area contributed by atoms with Crippen molar-refractivity contribution in [3.05, 3.63) is 39.4 Å². The lowest BCUT2D eigenvalue weighted by atomic mass is 10.0. The van der Waals surface area contributed by atoms with Gasteiger partial charge in [0, 0.05) is 29.6 Å². The molecule has 20 heavy (non-hydrogen) atoms. The van der Waals surface area contributed by atoms with Crippen LogP contribution in [-0.2, 0) is 0 Å². The molecule has 5 nitrogen and oxygen atoms in total. The molecule has 1 aromatic carbocycles. The van der Waals surface area contributed by atoms with Crippen molar-refractivity contribution in [2.45, 2.75) is 26.7 Å². The molecule has 1 rings (SSSR count). The SMILES string of the molecule is CCC(CCCl)CNC(=O)c1cccc([N+](=O)[O-])c1C. The molecule has 0 spiro atoms. The van der Waals surface area contributed by atoms with E-state index in [-0.39, 0.29) is 11.6 Å². The van der Waals surface area contributed by atoms with Crippen molar-refractivity contribution >= 4 is 23.2 Å². The predicted octanol–water partition coefficient (Wildman–Crippen LogP) is 3.29. The molecule has 0 fully saturated rings. The average Bonchev–Trinajstić information content (AvgIpc) is 2.43. The molecule has 0 aliphatic carbocycles. The molecule has 110 valence electrons. The maximum absolute atomic E-state index is 12.1. The number of benzene rings is 1. The molecule has 0 aliphatic heterocycles. The maximum atomic E-state index is 12.1. The number of carbonyl (C=O) groups excluding carboxylic acids is 1. The predicted molar refractivity (Wildman–Crippen MR) is 79.3 cm³/mol. The fraction of sp³-hybridized carbons (Fsp3) is 0.500. The third-order valence-corrected chi connectivity index (χ3v) is 3.61. The van der Waals surface area contributed by atoms with Gasteiger partial charge in [0.1, 0.15) is 0 Å². The van der Waals surface area contributed by atoms with Crippen LogP contribution in [0.2, 0.25) is 0 Å². The number of rotatable bonds is 7. The third-order valence-electron chi connectivity index (χ3n) is 3.39. The first-order valence-corrected chi connectivity index (χ1v) is 7.12. The zero-order valence-electron chi connectivity index (χ0n) is 11.7. The highest BCUT2D eigenvalue weighted by molar-refractivity contribution is 6.17. The van der Waals surface area contributed by atoms with Crippen molar-refractivity contribution in [2.75, 3.05) is 12.4 Å². The Morgan fingerprint density at radius 1 is 1.50 bits per heavy atom. The van der Waals surface area contributed by atoms with Crippen LogP contribution in [0.1, 0.15) is 35.7 Å². The molecule has 0 aliphatic rings. The van der Waals surface area contributed by atoms with Gasteiger partial charge in [-0.05, 0) is 25.3 Å². The second kappa shape index (κ2) is 7.85. The highest BCUT2D eigenvalue weighted by atomic mass is 35.5. The van der Waals surface area contributed by atoms with Crippen LogP contribution in [0.25, 0.3) is 0 Å². The van der Waals surface area contributed by atoms with Crippen LogP contribution < -0.4 is 5.32 Å². The number of alkyl halides is 1. The number of amides is 1. The van der Waals surface area contributed by atoms with Gasteiger partial charge in [0.05, 0.1) is 4.92 Å². The monoisotopic (exact) mass is 298 g/mol. The fourth-order valence-corrected chi connectivity index (χ4v) is 2.31. The second-order valence-electron chi connectivity index (χ2n) is 4.67. The Bertz CT molecular complexity index is 491. The zero-order valence-corrected chi connectivity index (χ0v) is 12.4. The molecule has 0 aromatic heterocycles. The molecular weight excluding hydrogens is 280 g/mol. The summed E-state index contributed by atoms with van der Waals surface area (Å²) < 4.78 is 0. The van der Waals surface area contributed by atoms with Gasteiger partial charge >= 0.3 is 0 Å². The summed E-state index contributed by atoms with van der Waals surface area (Å²) >= 11 is 5.70. The molecule has 1 unspecified atom stereocenters. The number of nitrogens with one attached hydrogen (secondary N) is 1. The van der Waals surface area contributed by atoms with Crippen LogP contribution in [0.3, 0.4) is 0 Å². The van der Waals surface area contributed by atoms with Gasteiger partial charge in [-0.2, -0.15) is 0 Å². The highest BCUT2D eigenvalue weighted by Gasteiger charge is 2.18. The summed E-state index contributed by atoms with van der Waals surface area (Å²) in [5.74, 6) is 0.610. The largest absolute Gasteiger partial charge is 0.352 e. The Balaban J connectivity index is 2.78. The van der Waals surface area contributed by atoms with Crippen LogP contribution in [-0.4, -0.2) is 23.3 Å². The number of hydrogen-bond acceptors (Lipinski definition) is 3. The number of carbonyl (C=O) groups is 1. The van der Waals surface area contributed by atoms with Crippen molar-refractivity contribution in [3.8, 4) is 0 Å². The molecular formula is C14H19ClN2O3. The van der Waals surface area contributed by atoms with Crippen LogP contribution in [0.15, 0.2) is 18.2 Å². The number of hydrogen-bond donors (Lipinski definition) is 1. The van der Waals surface area contributed by atoms with E-state index in [2.05, 4.69) is 5.32 Å². The van der Waals surface area contributed by atoms with Gasteiger partial charge < -0.3 is 5.32 Å². The topological polar surface area (TPSA) is 72.2 Å². The van der Waals surface area contributed by atoms with Crippen LogP contribution >= 0.6 is 11.6 Å². The molecule has 0 saturated carbocycles. The van der Waals surface area contributed by atoms with E-state index in [1.54, 1.807) is 13.0 Å². The van der Waals surface area contributed by atoms with E-state index in [9.17, 15) is 14.9 Å². The first-order chi connectivity index (χ1) is 9.51. The van der Waals surface area contributed by atoms with Crippen LogP contribution in [0.4, 0.5) is 5.69 Å². The minimum atomic E-state index is -0.478. The minimum Gasteiger partial charge on any atom is -0.352 e. The van der Waals surface area contributed by atoms with Gasteiger partial charge in [-0.25, -0.2) is 0 Å². The van der Waals surface area contributed by atoms with Gasteiger partial charge in [-0.3, -0.25) is 14.9 Å². The van der Waals surface area contributed by atoms with E-state index >= 15 is 0 Å². The molecule has 1 N–H and O–H groups in total. The van der Waals surface area contributed by atoms with E-state index in [0.717, 1.165) is 12.8 Å². The lowest BCUT2D eigenvalue weighted by molar-refractivity contribution is -0.385. The second-order valence-corrected chi connectivity index (χ2v) is 5.05. The van der Waals surface area contributed by atoms with Crippen LogP contribution in [0.5, 0.6) is 0 Å². The quantitative estimate of drug-likeness (QED) is 0.477. The van der Waals surface area contributed by atoms with E-state index in [1.807, 2.05) is 6.92 Å². The van der Waals surface area contributed by atoms with Crippen molar-refractivity contribution in [3.63, 3.8) is 0 Å². The van der Waals surface area contributed by atoms with Crippen molar-refractivity contribution in [1.82, 2.24) is 5.32 Å². The Kier molecular flexibility index (Phi) is 6.45. The molecule has 1 amide bonds. The van der Waals surface area contributed by atoms with E-state index in [4.69, 9.17) is 11.6 Å². The van der Waals surface area contributed by atoms with E-state index < -0.39 is 4.92 Å². The lowest BCUT2D eigenvalue weighted by Crippen LogP contribution is -2.30.